The quantitative estimate of drug-likeness (QED) is 0.218. The molecule has 26 heavy (non-hydrogen) atoms. The molecular weight excluding hydrogens is 348 g/mol. The first-order valence-corrected chi connectivity index (χ1v) is 8.70. The SMILES string of the molecule is C=COC(=O)CCCCCCCC(=O)OC[C@H]1O[C@@H](O)[C@H](O)[C@@H](O)[C@@H]1O. The van der Waals surface area contributed by atoms with Gasteiger partial charge in [0.05, 0.1) is 6.26 Å². The lowest BCUT2D eigenvalue weighted by Gasteiger charge is -2.37. The normalized spacial score (nSPS) is 28.4. The van der Waals surface area contributed by atoms with Gasteiger partial charge < -0.3 is 34.6 Å². The predicted molar refractivity (Wildman–Crippen MR) is 88.5 cm³/mol. The molecule has 4 N–H and O–H groups in total. The van der Waals surface area contributed by atoms with E-state index in [1.165, 1.54) is 0 Å². The number of rotatable bonds is 11. The van der Waals surface area contributed by atoms with E-state index in [4.69, 9.17) is 9.47 Å². The molecular formula is C17H28O9. The fourth-order valence-electron chi connectivity index (χ4n) is 2.54. The van der Waals surface area contributed by atoms with Crippen LogP contribution in [0.5, 0.6) is 0 Å². The molecule has 1 aliphatic rings. The summed E-state index contributed by atoms with van der Waals surface area (Å²) < 4.78 is 14.5. The van der Waals surface area contributed by atoms with Gasteiger partial charge in [-0.2, -0.15) is 0 Å². The van der Waals surface area contributed by atoms with E-state index in [-0.39, 0.29) is 19.0 Å². The van der Waals surface area contributed by atoms with E-state index >= 15 is 0 Å². The highest BCUT2D eigenvalue weighted by Crippen LogP contribution is 2.20. The average molecular weight is 376 g/mol. The van der Waals surface area contributed by atoms with Gasteiger partial charge in [-0.25, -0.2) is 0 Å². The predicted octanol–water partition coefficient (Wildman–Crippen LogP) is -0.253. The zero-order valence-electron chi connectivity index (χ0n) is 14.7. The Hall–Kier alpha value is -1.52. The first-order chi connectivity index (χ1) is 12.4. The van der Waals surface area contributed by atoms with Crippen LogP contribution in [0.4, 0.5) is 0 Å². The average Bonchev–Trinajstić information content (AvgIpc) is 2.61. The van der Waals surface area contributed by atoms with Gasteiger partial charge in [-0.05, 0) is 12.8 Å². The maximum atomic E-state index is 11.7. The molecule has 150 valence electrons. The number of hydrogen-bond donors (Lipinski definition) is 4. The molecule has 5 atom stereocenters. The highest BCUT2D eigenvalue weighted by Gasteiger charge is 2.43. The minimum absolute atomic E-state index is 0.190. The third-order valence-electron chi connectivity index (χ3n) is 4.07. The summed E-state index contributed by atoms with van der Waals surface area (Å²) in [6.45, 7) is 2.97. The van der Waals surface area contributed by atoms with Gasteiger partial charge in [-0.3, -0.25) is 9.59 Å². The minimum Gasteiger partial charge on any atom is -0.463 e. The largest absolute Gasteiger partial charge is 0.463 e. The van der Waals surface area contributed by atoms with Crippen molar-refractivity contribution in [1.29, 1.82) is 0 Å². The Kier molecular flexibility index (Phi) is 10.4. The fourth-order valence-corrected chi connectivity index (χ4v) is 2.54. The van der Waals surface area contributed by atoms with Gasteiger partial charge in [-0.15, -0.1) is 0 Å². The molecule has 0 saturated carbocycles. The summed E-state index contributed by atoms with van der Waals surface area (Å²) in [7, 11) is 0. The fraction of sp³-hybridized carbons (Fsp3) is 0.765. The Bertz CT molecular complexity index is 454. The third kappa shape index (κ3) is 7.79. The van der Waals surface area contributed by atoms with Crippen LogP contribution in [0.25, 0.3) is 0 Å². The molecule has 0 bridgehead atoms. The second-order valence-electron chi connectivity index (χ2n) is 6.14. The van der Waals surface area contributed by atoms with Crippen LogP contribution in [0.3, 0.4) is 0 Å². The van der Waals surface area contributed by atoms with E-state index in [0.717, 1.165) is 25.5 Å². The van der Waals surface area contributed by atoms with E-state index < -0.39 is 36.7 Å². The van der Waals surface area contributed by atoms with Gasteiger partial charge in [-0.1, -0.05) is 25.8 Å². The van der Waals surface area contributed by atoms with E-state index in [0.29, 0.717) is 19.3 Å². The standard InChI is InChI=1S/C17H28O9/c1-2-24-12(18)8-6-4-3-5-7-9-13(19)25-10-11-14(20)15(21)16(22)17(23)26-11/h2,11,14-17,20-23H,1,3-10H2/t11-,14-,15+,16-,17-/m1/s1. The molecule has 9 nitrogen and oxygen atoms in total. The van der Waals surface area contributed by atoms with Crippen LogP contribution in [0.15, 0.2) is 12.8 Å². The molecule has 0 aromatic heterocycles. The summed E-state index contributed by atoms with van der Waals surface area (Å²) in [5.41, 5.74) is 0. The van der Waals surface area contributed by atoms with Crippen LogP contribution in [0.2, 0.25) is 0 Å². The Balaban J connectivity index is 2.08. The smallest absolute Gasteiger partial charge is 0.310 e. The number of aliphatic hydroxyl groups excluding tert-OH is 4. The number of unbranched alkanes of at least 4 members (excludes halogenated alkanes) is 4. The summed E-state index contributed by atoms with van der Waals surface area (Å²) in [5, 5.41) is 38.0. The first-order valence-electron chi connectivity index (χ1n) is 8.70. The maximum absolute atomic E-state index is 11.7. The van der Waals surface area contributed by atoms with Crippen molar-refractivity contribution in [1.82, 2.24) is 0 Å². The van der Waals surface area contributed by atoms with E-state index in [1.54, 1.807) is 0 Å². The summed E-state index contributed by atoms with van der Waals surface area (Å²) in [6.07, 6.45) is -1.93. The molecule has 0 radical (unpaired) electrons. The number of hydrogen-bond acceptors (Lipinski definition) is 9. The van der Waals surface area contributed by atoms with Crippen LogP contribution >= 0.6 is 0 Å². The second kappa shape index (κ2) is 12.0. The van der Waals surface area contributed by atoms with Crippen molar-refractivity contribution >= 4 is 11.9 Å². The van der Waals surface area contributed by atoms with Gasteiger partial charge in [0.2, 0.25) is 0 Å². The molecule has 9 heteroatoms. The molecule has 0 spiro atoms. The van der Waals surface area contributed by atoms with E-state index in [9.17, 15) is 30.0 Å². The Morgan fingerprint density at radius 2 is 1.46 bits per heavy atom. The lowest BCUT2D eigenvalue weighted by molar-refractivity contribution is -0.287. The van der Waals surface area contributed by atoms with Crippen molar-refractivity contribution in [3.05, 3.63) is 12.8 Å². The summed E-state index contributed by atoms with van der Waals surface area (Å²) in [5.74, 6) is -0.788. The highest BCUT2D eigenvalue weighted by molar-refractivity contribution is 5.70. The number of ether oxygens (including phenoxy) is 3. The van der Waals surface area contributed by atoms with Gasteiger partial charge in [0.1, 0.15) is 31.0 Å². The monoisotopic (exact) mass is 376 g/mol. The molecule has 0 unspecified atom stereocenters. The van der Waals surface area contributed by atoms with Gasteiger partial charge in [0.25, 0.3) is 0 Å². The van der Waals surface area contributed by atoms with Crippen LogP contribution in [0.1, 0.15) is 44.9 Å². The van der Waals surface area contributed by atoms with Crippen molar-refractivity contribution < 1.29 is 44.2 Å². The molecule has 0 aromatic carbocycles. The molecule has 1 heterocycles. The van der Waals surface area contributed by atoms with E-state index in [2.05, 4.69) is 11.3 Å². The van der Waals surface area contributed by atoms with Crippen LogP contribution < -0.4 is 0 Å². The first kappa shape index (κ1) is 22.5. The van der Waals surface area contributed by atoms with Crippen LogP contribution in [0, 0.1) is 0 Å². The molecule has 0 amide bonds. The van der Waals surface area contributed by atoms with Crippen molar-refractivity contribution in [2.24, 2.45) is 0 Å². The van der Waals surface area contributed by atoms with Crippen molar-refractivity contribution in [3.8, 4) is 0 Å². The van der Waals surface area contributed by atoms with Crippen molar-refractivity contribution in [2.45, 2.75) is 75.7 Å². The Labute approximate surface area is 152 Å². The summed E-state index contributed by atoms with van der Waals surface area (Å²) in [6, 6.07) is 0. The van der Waals surface area contributed by atoms with Crippen LogP contribution in [-0.2, 0) is 23.8 Å². The number of carbonyl (C=O) groups is 2. The summed E-state index contributed by atoms with van der Waals surface area (Å²) >= 11 is 0. The van der Waals surface area contributed by atoms with Gasteiger partial charge in [0, 0.05) is 12.8 Å². The zero-order valence-corrected chi connectivity index (χ0v) is 14.7. The lowest BCUT2D eigenvalue weighted by atomic mass is 9.99. The maximum Gasteiger partial charge on any atom is 0.310 e. The van der Waals surface area contributed by atoms with Crippen LogP contribution in [-0.4, -0.2) is 69.7 Å². The molecule has 1 rings (SSSR count). The number of aliphatic hydroxyl groups is 4. The lowest BCUT2D eigenvalue weighted by Crippen LogP contribution is -2.58. The molecule has 1 fully saturated rings. The number of carbonyl (C=O) groups excluding carboxylic acids is 2. The van der Waals surface area contributed by atoms with E-state index in [1.807, 2.05) is 0 Å². The molecule has 0 aliphatic carbocycles. The summed E-state index contributed by atoms with van der Waals surface area (Å²) in [4.78, 5) is 22.7. The van der Waals surface area contributed by atoms with Crippen molar-refractivity contribution in [3.63, 3.8) is 0 Å². The zero-order chi connectivity index (χ0) is 19.5. The Morgan fingerprint density at radius 3 is 2.08 bits per heavy atom. The van der Waals surface area contributed by atoms with Gasteiger partial charge >= 0.3 is 11.9 Å². The second-order valence-corrected chi connectivity index (χ2v) is 6.14. The highest BCUT2D eigenvalue weighted by atomic mass is 16.6. The van der Waals surface area contributed by atoms with Crippen molar-refractivity contribution in [2.75, 3.05) is 6.61 Å². The minimum atomic E-state index is -1.65. The topological polar surface area (TPSA) is 143 Å². The van der Waals surface area contributed by atoms with Gasteiger partial charge in [0.15, 0.2) is 6.29 Å². The molecule has 1 saturated heterocycles. The Morgan fingerprint density at radius 1 is 0.885 bits per heavy atom. The molecule has 1 aliphatic heterocycles. The molecule has 0 aromatic rings. The third-order valence-corrected chi connectivity index (χ3v) is 4.07. The number of esters is 2.